The number of amides is 1. The van der Waals surface area contributed by atoms with Crippen LogP contribution in [0.15, 0.2) is 33.5 Å². The Morgan fingerprint density at radius 1 is 1.25 bits per heavy atom. The van der Waals surface area contributed by atoms with Gasteiger partial charge in [-0.2, -0.15) is 0 Å². The Bertz CT molecular complexity index is 771. The zero-order valence-corrected chi connectivity index (χ0v) is 14.8. The van der Waals surface area contributed by atoms with E-state index in [9.17, 15) is 9.59 Å². The lowest BCUT2D eigenvalue weighted by molar-refractivity contribution is -0.123. The van der Waals surface area contributed by atoms with Crippen LogP contribution in [0.25, 0.3) is 11.0 Å². The maximum Gasteiger partial charge on any atom is 0.336 e. The second-order valence-corrected chi connectivity index (χ2v) is 7.05. The van der Waals surface area contributed by atoms with Gasteiger partial charge in [0.05, 0.1) is 0 Å². The van der Waals surface area contributed by atoms with Crippen molar-refractivity contribution in [1.82, 2.24) is 5.32 Å². The van der Waals surface area contributed by atoms with Crippen LogP contribution < -0.4 is 15.7 Å². The van der Waals surface area contributed by atoms with E-state index in [1.807, 2.05) is 13.0 Å². The summed E-state index contributed by atoms with van der Waals surface area (Å²) in [5, 5.41) is 3.72. The number of aryl methyl sites for hydroxylation is 1. The molecule has 0 atom stereocenters. The van der Waals surface area contributed by atoms with Crippen molar-refractivity contribution in [3.8, 4) is 5.75 Å². The molecule has 0 saturated carbocycles. The highest BCUT2D eigenvalue weighted by atomic mass is 16.5. The lowest BCUT2D eigenvalue weighted by atomic mass is 9.92. The minimum absolute atomic E-state index is 0.0622. The highest BCUT2D eigenvalue weighted by Crippen LogP contribution is 2.23. The predicted octanol–water partition coefficient (Wildman–Crippen LogP) is 3.29. The van der Waals surface area contributed by atoms with Gasteiger partial charge in [-0.15, -0.1) is 0 Å². The molecule has 24 heavy (non-hydrogen) atoms. The first-order valence-electron chi connectivity index (χ1n) is 8.25. The number of rotatable bonds is 6. The van der Waals surface area contributed by atoms with E-state index >= 15 is 0 Å². The molecule has 130 valence electrons. The molecular weight excluding hydrogens is 306 g/mol. The lowest BCUT2D eigenvalue weighted by Crippen LogP contribution is -2.31. The van der Waals surface area contributed by atoms with E-state index in [1.165, 1.54) is 6.07 Å². The number of fused-ring (bicyclic) bond motifs is 1. The molecule has 2 rings (SSSR count). The average molecular weight is 331 g/mol. The van der Waals surface area contributed by atoms with Gasteiger partial charge in [-0.25, -0.2) is 4.79 Å². The normalized spacial score (nSPS) is 11.5. The van der Waals surface area contributed by atoms with Crippen molar-refractivity contribution < 1.29 is 13.9 Å². The van der Waals surface area contributed by atoms with Gasteiger partial charge >= 0.3 is 5.63 Å². The SMILES string of the molecule is CCc1cc(=O)oc2cc(OCC(=O)NCCC(C)(C)C)ccc12. The van der Waals surface area contributed by atoms with Gasteiger partial charge in [0, 0.05) is 24.1 Å². The molecule has 0 bridgehead atoms. The Balaban J connectivity index is 1.98. The van der Waals surface area contributed by atoms with Crippen LogP contribution in [0.4, 0.5) is 0 Å². The quantitative estimate of drug-likeness (QED) is 0.825. The molecule has 0 aliphatic carbocycles. The van der Waals surface area contributed by atoms with Gasteiger partial charge < -0.3 is 14.5 Å². The van der Waals surface area contributed by atoms with Gasteiger partial charge in [-0.05, 0) is 36.0 Å². The minimum atomic E-state index is -0.378. The van der Waals surface area contributed by atoms with E-state index in [0.29, 0.717) is 17.9 Å². The van der Waals surface area contributed by atoms with E-state index in [0.717, 1.165) is 23.8 Å². The fourth-order valence-electron chi connectivity index (χ4n) is 2.37. The van der Waals surface area contributed by atoms with Crippen molar-refractivity contribution in [2.75, 3.05) is 13.2 Å². The number of nitrogens with one attached hydrogen (secondary N) is 1. The summed E-state index contributed by atoms with van der Waals surface area (Å²) in [5.74, 6) is 0.341. The summed E-state index contributed by atoms with van der Waals surface area (Å²) in [6.07, 6.45) is 1.65. The fraction of sp³-hybridized carbons (Fsp3) is 0.474. The largest absolute Gasteiger partial charge is 0.484 e. The Labute approximate surface area is 142 Å². The smallest absolute Gasteiger partial charge is 0.336 e. The topological polar surface area (TPSA) is 68.5 Å². The number of carbonyl (C=O) groups excluding carboxylic acids is 1. The van der Waals surface area contributed by atoms with Crippen LogP contribution in [0.3, 0.4) is 0 Å². The predicted molar refractivity (Wildman–Crippen MR) is 94.4 cm³/mol. The molecule has 0 unspecified atom stereocenters. The van der Waals surface area contributed by atoms with Crippen LogP contribution in [0.2, 0.25) is 0 Å². The molecule has 0 aliphatic heterocycles. The second-order valence-electron chi connectivity index (χ2n) is 7.05. The highest BCUT2D eigenvalue weighted by Gasteiger charge is 2.11. The van der Waals surface area contributed by atoms with Crippen molar-refractivity contribution in [3.63, 3.8) is 0 Å². The van der Waals surface area contributed by atoms with E-state index < -0.39 is 0 Å². The molecule has 1 N–H and O–H groups in total. The van der Waals surface area contributed by atoms with Crippen LogP contribution in [0, 0.1) is 5.41 Å². The molecule has 1 aromatic carbocycles. The molecule has 5 nitrogen and oxygen atoms in total. The zero-order valence-electron chi connectivity index (χ0n) is 14.8. The first kappa shape index (κ1) is 18.0. The molecule has 0 radical (unpaired) electrons. The molecule has 5 heteroatoms. The summed E-state index contributed by atoms with van der Waals surface area (Å²) < 4.78 is 10.7. The Morgan fingerprint density at radius 2 is 2.00 bits per heavy atom. The zero-order chi connectivity index (χ0) is 17.7. The average Bonchev–Trinajstić information content (AvgIpc) is 2.50. The van der Waals surface area contributed by atoms with Crippen molar-refractivity contribution >= 4 is 16.9 Å². The Kier molecular flexibility index (Phi) is 5.65. The van der Waals surface area contributed by atoms with Crippen molar-refractivity contribution in [2.45, 2.75) is 40.5 Å². The van der Waals surface area contributed by atoms with Gasteiger partial charge in [0.2, 0.25) is 0 Å². The molecule has 0 saturated heterocycles. The van der Waals surface area contributed by atoms with Gasteiger partial charge in [-0.1, -0.05) is 27.7 Å². The summed E-state index contributed by atoms with van der Waals surface area (Å²) in [4.78, 5) is 23.4. The van der Waals surface area contributed by atoms with Crippen LogP contribution in [0.5, 0.6) is 5.75 Å². The molecule has 0 fully saturated rings. The first-order valence-corrected chi connectivity index (χ1v) is 8.25. The van der Waals surface area contributed by atoms with Gasteiger partial charge in [0.1, 0.15) is 11.3 Å². The van der Waals surface area contributed by atoms with Crippen molar-refractivity contribution in [3.05, 3.63) is 40.2 Å². The molecule has 0 spiro atoms. The fourth-order valence-corrected chi connectivity index (χ4v) is 2.37. The summed E-state index contributed by atoms with van der Waals surface area (Å²) >= 11 is 0. The van der Waals surface area contributed by atoms with E-state index in [4.69, 9.17) is 9.15 Å². The number of hydrogen-bond acceptors (Lipinski definition) is 4. The molecule has 1 amide bonds. The summed E-state index contributed by atoms with van der Waals surface area (Å²) in [7, 11) is 0. The summed E-state index contributed by atoms with van der Waals surface area (Å²) in [5.41, 5.74) is 1.22. The number of ether oxygens (including phenoxy) is 1. The maximum atomic E-state index is 11.8. The lowest BCUT2D eigenvalue weighted by Gasteiger charge is -2.18. The summed E-state index contributed by atoms with van der Waals surface area (Å²) in [6, 6.07) is 6.79. The third kappa shape index (κ3) is 5.11. The van der Waals surface area contributed by atoms with E-state index in [-0.39, 0.29) is 23.6 Å². The van der Waals surface area contributed by atoms with Gasteiger partial charge in [0.25, 0.3) is 5.91 Å². The molecule has 1 aromatic heterocycles. The van der Waals surface area contributed by atoms with Crippen LogP contribution in [-0.4, -0.2) is 19.1 Å². The summed E-state index contributed by atoms with van der Waals surface area (Å²) in [6.45, 7) is 8.93. The molecular formula is C19H25NO4. The Hall–Kier alpha value is -2.30. The van der Waals surface area contributed by atoms with Crippen LogP contribution >= 0.6 is 0 Å². The number of benzene rings is 1. The maximum absolute atomic E-state index is 11.8. The van der Waals surface area contributed by atoms with Crippen molar-refractivity contribution in [1.29, 1.82) is 0 Å². The highest BCUT2D eigenvalue weighted by molar-refractivity contribution is 5.82. The van der Waals surface area contributed by atoms with Crippen LogP contribution in [0.1, 0.15) is 39.7 Å². The molecule has 2 aromatic rings. The van der Waals surface area contributed by atoms with E-state index in [1.54, 1.807) is 12.1 Å². The van der Waals surface area contributed by atoms with Crippen molar-refractivity contribution in [2.24, 2.45) is 5.41 Å². The van der Waals surface area contributed by atoms with Crippen LogP contribution in [-0.2, 0) is 11.2 Å². The molecule has 1 heterocycles. The molecule has 0 aliphatic rings. The van der Waals surface area contributed by atoms with Gasteiger partial charge in [-0.3, -0.25) is 4.79 Å². The van der Waals surface area contributed by atoms with Gasteiger partial charge in [0.15, 0.2) is 6.61 Å². The standard InChI is InChI=1S/C19H25NO4/c1-5-13-10-18(22)24-16-11-14(6-7-15(13)16)23-12-17(21)20-9-8-19(2,3)4/h6-7,10-11H,5,8-9,12H2,1-4H3,(H,20,21). The Morgan fingerprint density at radius 3 is 2.67 bits per heavy atom. The monoisotopic (exact) mass is 331 g/mol. The second kappa shape index (κ2) is 7.51. The third-order valence-electron chi connectivity index (χ3n) is 3.75. The first-order chi connectivity index (χ1) is 11.3. The van der Waals surface area contributed by atoms with E-state index in [2.05, 4.69) is 26.1 Å². The number of hydrogen-bond donors (Lipinski definition) is 1. The minimum Gasteiger partial charge on any atom is -0.484 e. The number of carbonyl (C=O) groups is 1. The third-order valence-corrected chi connectivity index (χ3v) is 3.75.